The Morgan fingerprint density at radius 3 is 1.02 bits per heavy atom. The Morgan fingerprint density at radius 1 is 0.405 bits per heavy atom. The number of nitriles is 2. The van der Waals surface area contributed by atoms with Crippen LogP contribution in [0.2, 0.25) is 0 Å². The Balaban J connectivity index is 1.12. The van der Waals surface area contributed by atoms with Gasteiger partial charge in [-0.1, -0.05) is 297 Å². The predicted molar refractivity (Wildman–Crippen MR) is 506 cm³/mol. The molecule has 0 fully saturated rings. The fourth-order valence-electron chi connectivity index (χ4n) is 18.9. The molecule has 0 spiro atoms. The minimum absolute atomic E-state index is 0.0106. The molecule has 0 amide bonds. The quantitative estimate of drug-likeness (QED) is 0.0123. The SMILES string of the molecule is [C-]#[N+]C(C#N)=C1/C(=C/C=C/c2sc3c(sc4c5c6nsnc6c6c7sc8c(CCCCCCCCCCC)c(/C=C/C=C9\C(=O)c%10cc(F)c(F)cc%10\C9=C(\C#N)[N+]#[C-])sc8c7n(CC(CCCCCC)CCCCCCCC)c6c5n(CC(CCCCCC)CCCCCCCC)c34)c2CCCCCCCCCCC)C(=O)c2cc(F)c(F)cc21. The van der Waals surface area contributed by atoms with E-state index < -0.39 is 34.8 Å². The summed E-state index contributed by atoms with van der Waals surface area (Å²) in [5.41, 5.74) is 8.55. The summed E-state index contributed by atoms with van der Waals surface area (Å²) in [4.78, 5) is 37.9. The maximum Gasteiger partial charge on any atom is 0.270 e. The molecule has 640 valence electrons. The second-order valence-corrected chi connectivity index (χ2v) is 38.8. The Kier molecular flexibility index (Phi) is 35.0. The number of hydrogen-bond donors (Lipinski definition) is 0. The van der Waals surface area contributed by atoms with Crippen molar-refractivity contribution in [2.75, 3.05) is 0 Å². The van der Waals surface area contributed by atoms with Gasteiger partial charge in [0.05, 0.1) is 87.3 Å². The van der Waals surface area contributed by atoms with Crippen LogP contribution in [-0.4, -0.2) is 29.4 Å². The summed E-state index contributed by atoms with van der Waals surface area (Å²) in [6, 6.07) is 7.51. The third kappa shape index (κ3) is 21.3. The first kappa shape index (κ1) is 92.1. The van der Waals surface area contributed by atoms with Crippen LogP contribution in [0.3, 0.4) is 0 Å². The monoisotopic (exact) mass is 1730 g/mol. The minimum Gasteiger partial charge on any atom is -0.337 e. The van der Waals surface area contributed by atoms with Gasteiger partial charge in [-0.15, -0.1) is 45.3 Å². The minimum atomic E-state index is -1.17. The molecule has 0 bridgehead atoms. The first-order chi connectivity index (χ1) is 59.2. The molecule has 0 saturated heterocycles. The summed E-state index contributed by atoms with van der Waals surface area (Å²) in [6.07, 6.45) is 62.4. The smallest absolute Gasteiger partial charge is 0.270 e. The Hall–Kier alpha value is -8.14. The van der Waals surface area contributed by atoms with Gasteiger partial charge in [0.2, 0.25) is 0 Å². The van der Waals surface area contributed by atoms with Crippen LogP contribution in [0.25, 0.3) is 105 Å². The molecule has 2 unspecified atom stereocenters. The van der Waals surface area contributed by atoms with Gasteiger partial charge in [0, 0.05) is 67.0 Å². The van der Waals surface area contributed by atoms with E-state index in [2.05, 4.69) is 72.5 Å². The average Bonchev–Trinajstić information content (AvgIpc) is 1.50. The highest BCUT2D eigenvalue weighted by Crippen LogP contribution is 2.56. The molecule has 3 aromatic carbocycles. The van der Waals surface area contributed by atoms with Crippen molar-refractivity contribution in [3.05, 3.63) is 160 Å². The van der Waals surface area contributed by atoms with Crippen molar-refractivity contribution < 1.29 is 27.2 Å². The maximum absolute atomic E-state index is 15.1. The average molecular weight is 1730 g/mol. The van der Waals surface area contributed by atoms with Crippen molar-refractivity contribution in [3.8, 4) is 12.1 Å². The third-order valence-electron chi connectivity index (χ3n) is 25.4. The zero-order valence-corrected chi connectivity index (χ0v) is 76.5. The van der Waals surface area contributed by atoms with Crippen LogP contribution in [0, 0.1) is 70.9 Å². The number of thiophene rings is 4. The molecule has 0 aliphatic heterocycles. The molecule has 0 radical (unpaired) electrons. The highest BCUT2D eigenvalue weighted by atomic mass is 32.1. The number of carbonyl (C=O) groups excluding carboxylic acids is 2. The predicted octanol–water partition coefficient (Wildman–Crippen LogP) is 33.8. The van der Waals surface area contributed by atoms with Crippen molar-refractivity contribution in [3.63, 3.8) is 0 Å². The molecule has 0 saturated carbocycles. The zero-order valence-electron chi connectivity index (χ0n) is 72.4. The number of benzene rings is 3. The summed E-state index contributed by atoms with van der Waals surface area (Å²) in [7, 11) is 0. The van der Waals surface area contributed by atoms with E-state index in [4.69, 9.17) is 21.9 Å². The number of nitrogens with zero attached hydrogens (tertiary/aromatic N) is 8. The number of aryl methyl sites for hydroxylation is 2. The van der Waals surface area contributed by atoms with Crippen molar-refractivity contribution >= 4 is 164 Å². The largest absolute Gasteiger partial charge is 0.337 e. The Labute approximate surface area is 735 Å². The third-order valence-corrected chi connectivity index (χ3v) is 31.1. The summed E-state index contributed by atoms with van der Waals surface area (Å²) in [6.45, 7) is 31.3. The molecule has 19 heteroatoms. The molecule has 0 N–H and O–H groups in total. The van der Waals surface area contributed by atoms with Gasteiger partial charge in [0.15, 0.2) is 34.8 Å². The Morgan fingerprint density at radius 2 is 0.702 bits per heavy atom. The van der Waals surface area contributed by atoms with E-state index >= 15 is 17.6 Å². The molecule has 12 rings (SSSR count). The number of carbonyl (C=O) groups is 2. The fourth-order valence-corrected chi connectivity index (χ4v) is 25.3. The standard InChI is InChI=1S/C102H122F4N8O2S5/c1-9-15-21-27-31-33-35-39-45-53-69-83(57-47-55-71-85(81(63-107)109-7)73-59-77(103)79(105)61-75(73)95(71)115)117-101-93-99(119-97(69)101)87-89-90(112-121-111-89)88-92(91(87)113(93)65-67(49-41-25-19-13-5)51-43-37-29-23-17-11-3)114(66-68(50-42-26-20-14-6)52-44-38-30-24-18-12-4)94-100(88)120-98-70(54-46-40-36-34-32-28-22-16-10-2)84(118-102(94)98)58-48-56-72-86(82(64-108)110-8)74-60-78(104)80(106)62-76(74)96(72)116/h47-48,55-62,67-68H,9-46,49-54,65-66H2,1-6H3/b57-47+,58-48+,71-55-,72-56-,85-81-,86-82?. The van der Waals surface area contributed by atoms with E-state index in [0.717, 1.165) is 184 Å². The zero-order chi connectivity index (χ0) is 85.3. The second-order valence-electron chi connectivity index (χ2n) is 34.2. The van der Waals surface area contributed by atoms with E-state index in [1.165, 1.54) is 240 Å². The van der Waals surface area contributed by atoms with Crippen LogP contribution in [-0.2, 0) is 25.9 Å². The molecular weight excluding hydrogens is 1610 g/mol. The van der Waals surface area contributed by atoms with Gasteiger partial charge < -0.3 is 9.13 Å². The number of fused-ring (bicyclic) bond motifs is 16. The summed E-state index contributed by atoms with van der Waals surface area (Å²) in [5, 5.41) is 23.0. The summed E-state index contributed by atoms with van der Waals surface area (Å²) >= 11 is 8.66. The highest BCUT2D eigenvalue weighted by molar-refractivity contribution is 7.34. The van der Waals surface area contributed by atoms with Crippen LogP contribution in [0.1, 0.15) is 364 Å². The molecule has 2 aliphatic carbocycles. The van der Waals surface area contributed by atoms with Gasteiger partial charge >= 0.3 is 0 Å². The van der Waals surface area contributed by atoms with Crippen LogP contribution in [0.5, 0.6) is 0 Å². The lowest BCUT2D eigenvalue weighted by molar-refractivity contribution is 0.103. The van der Waals surface area contributed by atoms with E-state index in [-0.39, 0.29) is 55.9 Å². The number of rotatable bonds is 52. The number of ketones is 2. The van der Waals surface area contributed by atoms with Gasteiger partial charge in [0.1, 0.15) is 11.0 Å². The lowest BCUT2D eigenvalue weighted by Gasteiger charge is -2.22. The number of Topliss-reactive ketones (excluding diaryl/α,β-unsaturated/α-hetero) is 2. The molecule has 10 aromatic rings. The molecule has 7 heterocycles. The Bertz CT molecular complexity index is 5310. The van der Waals surface area contributed by atoms with Gasteiger partial charge in [-0.2, -0.15) is 8.75 Å². The first-order valence-electron chi connectivity index (χ1n) is 46.2. The van der Waals surface area contributed by atoms with Crippen molar-refractivity contribution in [2.45, 2.75) is 337 Å². The molecule has 2 atom stereocenters. The lowest BCUT2D eigenvalue weighted by Crippen LogP contribution is -2.14. The molecule has 7 aromatic heterocycles. The van der Waals surface area contributed by atoms with E-state index in [1.54, 1.807) is 34.8 Å². The van der Waals surface area contributed by atoms with Crippen LogP contribution < -0.4 is 0 Å². The molecule has 2 aliphatic rings. The van der Waals surface area contributed by atoms with Crippen LogP contribution in [0.15, 0.2) is 71.1 Å². The van der Waals surface area contributed by atoms with Crippen LogP contribution >= 0.6 is 57.1 Å². The normalized spacial score (nSPS) is 15.2. The molecule has 121 heavy (non-hydrogen) atoms. The first-order valence-corrected chi connectivity index (χ1v) is 50.2. The summed E-state index contributed by atoms with van der Waals surface area (Å²) < 4.78 is 84.2. The summed E-state index contributed by atoms with van der Waals surface area (Å²) in [5.74, 6) is -5.08. The van der Waals surface area contributed by atoms with E-state index in [9.17, 15) is 20.1 Å². The highest BCUT2D eigenvalue weighted by Gasteiger charge is 2.38. The van der Waals surface area contributed by atoms with Gasteiger partial charge in [-0.05, 0) is 122 Å². The fraction of sp³-hybridized carbons (Fsp3) is 0.529. The number of unbranched alkanes of at least 4 members (excludes halogenated alkanes) is 32. The maximum atomic E-state index is 15.1. The second kappa shape index (κ2) is 46.0. The van der Waals surface area contributed by atoms with E-state index in [1.807, 2.05) is 47.0 Å². The van der Waals surface area contributed by atoms with Crippen molar-refractivity contribution in [2.24, 2.45) is 11.8 Å². The molecule has 10 nitrogen and oxygen atoms in total. The van der Waals surface area contributed by atoms with Crippen LogP contribution in [0.4, 0.5) is 17.6 Å². The number of aromatic nitrogens is 4. The van der Waals surface area contributed by atoms with Crippen molar-refractivity contribution in [1.82, 2.24) is 17.9 Å². The van der Waals surface area contributed by atoms with E-state index in [0.29, 0.717) is 11.8 Å². The van der Waals surface area contributed by atoms with Gasteiger partial charge in [0.25, 0.3) is 11.4 Å². The van der Waals surface area contributed by atoms with Gasteiger partial charge in [-0.25, -0.2) is 37.8 Å². The number of halogens is 4. The van der Waals surface area contributed by atoms with Crippen molar-refractivity contribution in [1.29, 1.82) is 10.5 Å². The topological polar surface area (TPSA) is 126 Å². The van der Waals surface area contributed by atoms with Gasteiger partial charge in [-0.3, -0.25) is 9.59 Å². The lowest BCUT2D eigenvalue weighted by atomic mass is 9.93. The molecular formula is C102H122F4N8O2S5. The number of allylic oxidation sites excluding steroid dienone is 10. The number of hydrogen-bond acceptors (Lipinski definition) is 11.